The summed E-state index contributed by atoms with van der Waals surface area (Å²) < 4.78 is 1.86. The van der Waals surface area contributed by atoms with Crippen molar-refractivity contribution in [3.8, 4) is 11.4 Å². The number of pyridine rings is 2. The molecule has 0 saturated carbocycles. The Morgan fingerprint density at radius 2 is 1.67 bits per heavy atom. The number of aromatic nitrogens is 4. The Balaban J connectivity index is 1.71. The number of hydrogen-bond acceptors (Lipinski definition) is 4. The van der Waals surface area contributed by atoms with Crippen LogP contribution in [0.3, 0.4) is 0 Å². The highest BCUT2D eigenvalue weighted by atomic mass is 35.5. The van der Waals surface area contributed by atoms with E-state index in [-0.39, 0.29) is 32.4 Å². The molecule has 3 heterocycles. The summed E-state index contributed by atoms with van der Waals surface area (Å²) in [6.07, 6.45) is 6.71. The maximum atomic E-state index is 12.8. The van der Waals surface area contributed by atoms with E-state index in [1.54, 1.807) is 31.0 Å². The van der Waals surface area contributed by atoms with Gasteiger partial charge in [0.2, 0.25) is 0 Å². The predicted molar refractivity (Wildman–Crippen MR) is 123 cm³/mol. The lowest BCUT2D eigenvalue weighted by Crippen LogP contribution is -2.50. The second-order valence-electron chi connectivity index (χ2n) is 6.67. The molecule has 0 saturated heterocycles. The van der Waals surface area contributed by atoms with Crippen LogP contribution in [0, 0.1) is 0 Å². The molecule has 0 bridgehead atoms. The van der Waals surface area contributed by atoms with Crippen LogP contribution in [-0.2, 0) is 7.05 Å². The smallest absolute Gasteiger partial charge is 0.257 e. The number of halogens is 1. The zero-order valence-electron chi connectivity index (χ0n) is 15.8. The fraction of sp³-hybridized carbons (Fsp3) is 0.0526. The SMILES string of the molecule is [B]c1c([B])c([B])c(C(=O)Nc2cc3cc(-c4cncn4C)ncc3cn2)c(Cl)c1[B]. The second-order valence-corrected chi connectivity index (χ2v) is 7.05. The molecule has 3 aromatic heterocycles. The molecule has 11 heteroatoms. The number of amides is 1. The van der Waals surface area contributed by atoms with Crippen molar-refractivity contribution in [2.24, 2.45) is 7.05 Å². The van der Waals surface area contributed by atoms with E-state index >= 15 is 0 Å². The number of fused-ring (bicyclic) bond motifs is 1. The molecule has 6 nitrogen and oxygen atoms in total. The normalized spacial score (nSPS) is 11.0. The number of anilines is 1. The second kappa shape index (κ2) is 7.69. The predicted octanol–water partition coefficient (Wildman–Crippen LogP) is -0.889. The number of aryl methyl sites for hydroxylation is 1. The number of imidazole rings is 1. The maximum Gasteiger partial charge on any atom is 0.257 e. The molecular formula is C19H10B4ClN5O. The maximum absolute atomic E-state index is 12.8. The molecule has 136 valence electrons. The molecule has 30 heavy (non-hydrogen) atoms. The zero-order chi connectivity index (χ0) is 21.6. The van der Waals surface area contributed by atoms with E-state index in [4.69, 9.17) is 43.0 Å². The lowest BCUT2D eigenvalue weighted by atomic mass is 9.65. The first kappa shape index (κ1) is 20.3. The van der Waals surface area contributed by atoms with E-state index in [0.717, 1.165) is 22.2 Å². The summed E-state index contributed by atoms with van der Waals surface area (Å²) in [5.74, 6) is -0.317. The van der Waals surface area contributed by atoms with Crippen LogP contribution in [0.1, 0.15) is 10.4 Å². The van der Waals surface area contributed by atoms with Crippen LogP contribution >= 0.6 is 11.6 Å². The van der Waals surface area contributed by atoms with E-state index < -0.39 is 5.91 Å². The van der Waals surface area contributed by atoms with Crippen LogP contribution in [0.15, 0.2) is 37.1 Å². The van der Waals surface area contributed by atoms with Gasteiger partial charge in [-0.15, -0.1) is 10.9 Å². The van der Waals surface area contributed by atoms with Crippen molar-refractivity contribution < 1.29 is 4.79 Å². The minimum absolute atomic E-state index is 0.000383. The van der Waals surface area contributed by atoms with Gasteiger partial charge in [0.25, 0.3) is 5.91 Å². The Hall–Kier alpha value is -2.99. The molecule has 4 aromatic rings. The third-order valence-electron chi connectivity index (χ3n) is 4.75. The van der Waals surface area contributed by atoms with Crippen molar-refractivity contribution >= 4 is 87.3 Å². The van der Waals surface area contributed by atoms with E-state index in [2.05, 4.69) is 20.3 Å². The number of carbonyl (C=O) groups excluding carboxylic acids is 1. The summed E-state index contributed by atoms with van der Waals surface area (Å²) >= 11 is 6.19. The highest BCUT2D eigenvalue weighted by Crippen LogP contribution is 2.23. The molecule has 0 aliphatic heterocycles. The van der Waals surface area contributed by atoms with Crippen molar-refractivity contribution in [1.29, 1.82) is 0 Å². The lowest BCUT2D eigenvalue weighted by molar-refractivity contribution is 0.102. The topological polar surface area (TPSA) is 72.7 Å². The molecule has 8 radical (unpaired) electrons. The third kappa shape index (κ3) is 3.41. The van der Waals surface area contributed by atoms with E-state index in [1.165, 1.54) is 0 Å². The first-order chi connectivity index (χ1) is 14.3. The van der Waals surface area contributed by atoms with Gasteiger partial charge in [0, 0.05) is 29.9 Å². The van der Waals surface area contributed by atoms with Crippen LogP contribution in [-0.4, -0.2) is 56.8 Å². The fourth-order valence-electron chi connectivity index (χ4n) is 3.05. The fourth-order valence-corrected chi connectivity index (χ4v) is 3.34. The average molecular weight is 403 g/mol. The standard InChI is InChI=1S/C19H10B4ClN5O/c1-29-7-25-6-11(29)10-2-8-3-12(27-5-9(8)4-26-10)28-19(30)13-14(20)15(21)16(22)17(23)18(13)24/h2-7H,1H3,(H,27,28,30). The van der Waals surface area contributed by atoms with Gasteiger partial charge in [-0.05, 0) is 17.5 Å². The summed E-state index contributed by atoms with van der Waals surface area (Å²) in [5, 5.41) is 4.22. The van der Waals surface area contributed by atoms with Crippen LogP contribution in [0.5, 0.6) is 0 Å². The number of benzene rings is 1. The van der Waals surface area contributed by atoms with Gasteiger partial charge in [-0.25, -0.2) is 9.97 Å². The molecule has 0 aliphatic carbocycles. The van der Waals surface area contributed by atoms with Gasteiger partial charge < -0.3 is 9.88 Å². The Labute approximate surface area is 183 Å². The minimum Gasteiger partial charge on any atom is -0.332 e. The quantitative estimate of drug-likeness (QED) is 0.451. The van der Waals surface area contributed by atoms with Crippen molar-refractivity contribution in [3.63, 3.8) is 0 Å². The zero-order valence-corrected chi connectivity index (χ0v) is 16.6. The Morgan fingerprint density at radius 1 is 0.967 bits per heavy atom. The van der Waals surface area contributed by atoms with E-state index in [1.807, 2.05) is 17.7 Å². The average Bonchev–Trinajstić information content (AvgIpc) is 3.16. The van der Waals surface area contributed by atoms with Gasteiger partial charge >= 0.3 is 0 Å². The Morgan fingerprint density at radius 3 is 2.37 bits per heavy atom. The lowest BCUT2D eigenvalue weighted by Gasteiger charge is -2.18. The van der Waals surface area contributed by atoms with Gasteiger partial charge in [0.05, 0.1) is 29.5 Å². The molecule has 1 N–H and O–H groups in total. The first-order valence-electron chi connectivity index (χ1n) is 8.73. The largest absolute Gasteiger partial charge is 0.332 e. The molecule has 0 unspecified atom stereocenters. The molecule has 0 atom stereocenters. The molecule has 0 fully saturated rings. The number of nitrogens with zero attached hydrogens (tertiary/aromatic N) is 4. The summed E-state index contributed by atoms with van der Waals surface area (Å²) in [6, 6.07) is 3.59. The number of carbonyl (C=O) groups is 1. The number of nitrogens with one attached hydrogen (secondary N) is 1. The summed E-state index contributed by atoms with van der Waals surface area (Å²) in [5.41, 5.74) is 1.50. The highest BCUT2D eigenvalue weighted by Gasteiger charge is 2.19. The Bertz CT molecular complexity index is 1300. The third-order valence-corrected chi connectivity index (χ3v) is 5.14. The monoisotopic (exact) mass is 403 g/mol. The molecule has 4 rings (SSSR count). The van der Waals surface area contributed by atoms with Crippen LogP contribution < -0.4 is 27.2 Å². The molecule has 1 aromatic carbocycles. The van der Waals surface area contributed by atoms with Crippen molar-refractivity contribution in [3.05, 3.63) is 47.6 Å². The van der Waals surface area contributed by atoms with E-state index in [0.29, 0.717) is 5.82 Å². The summed E-state index contributed by atoms with van der Waals surface area (Å²) in [4.78, 5) is 25.6. The molecule has 0 aliphatic rings. The van der Waals surface area contributed by atoms with Crippen molar-refractivity contribution in [2.45, 2.75) is 0 Å². The number of hydrogen-bond donors (Lipinski definition) is 1. The Kier molecular flexibility index (Phi) is 5.20. The first-order valence-corrected chi connectivity index (χ1v) is 9.11. The van der Waals surface area contributed by atoms with Crippen LogP contribution in [0.25, 0.3) is 22.2 Å². The molecule has 1 amide bonds. The van der Waals surface area contributed by atoms with E-state index in [9.17, 15) is 4.79 Å². The van der Waals surface area contributed by atoms with Gasteiger partial charge in [0.1, 0.15) is 37.2 Å². The summed E-state index contributed by atoms with van der Waals surface area (Å²) in [6.45, 7) is 0. The minimum atomic E-state index is -0.608. The van der Waals surface area contributed by atoms with Gasteiger partial charge in [-0.3, -0.25) is 9.78 Å². The van der Waals surface area contributed by atoms with Gasteiger partial charge in [-0.1, -0.05) is 22.5 Å². The van der Waals surface area contributed by atoms with Crippen molar-refractivity contribution in [2.75, 3.05) is 5.32 Å². The van der Waals surface area contributed by atoms with Gasteiger partial charge in [0.15, 0.2) is 0 Å². The highest BCUT2D eigenvalue weighted by molar-refractivity contribution is 6.66. The molecule has 0 spiro atoms. The summed E-state index contributed by atoms with van der Waals surface area (Å²) in [7, 11) is 25.3. The number of rotatable bonds is 3. The van der Waals surface area contributed by atoms with Crippen LogP contribution in [0.2, 0.25) is 5.02 Å². The van der Waals surface area contributed by atoms with Crippen LogP contribution in [0.4, 0.5) is 5.82 Å². The van der Waals surface area contributed by atoms with Crippen molar-refractivity contribution in [1.82, 2.24) is 19.5 Å². The van der Waals surface area contributed by atoms with Gasteiger partial charge in [-0.2, -0.15) is 0 Å². The molecular weight excluding hydrogens is 393 g/mol.